The van der Waals surface area contributed by atoms with E-state index in [1.165, 1.54) is 4.90 Å². The molecule has 0 radical (unpaired) electrons. The molecule has 2 unspecified atom stereocenters. The molecular weight excluding hydrogens is 453 g/mol. The Balaban J connectivity index is 1.82. The molecule has 0 spiro atoms. The maximum absolute atomic E-state index is 13.1. The van der Waals surface area contributed by atoms with Gasteiger partial charge in [-0.05, 0) is 55.7 Å². The number of ketones is 1. The number of Topliss-reactive ketones (excluding diaryl/α,β-unsaturated/α-hetero) is 1. The molecule has 0 bridgehead atoms. The minimum Gasteiger partial charge on any atom is -0.507 e. The summed E-state index contributed by atoms with van der Waals surface area (Å²) in [5.74, 6) is -1.31. The summed E-state index contributed by atoms with van der Waals surface area (Å²) in [6.07, 6.45) is 1.57. The van der Waals surface area contributed by atoms with Gasteiger partial charge in [0, 0.05) is 23.7 Å². The number of benzene rings is 2. The van der Waals surface area contributed by atoms with Crippen LogP contribution < -0.4 is 4.74 Å². The molecule has 2 aliphatic rings. The summed E-state index contributed by atoms with van der Waals surface area (Å²) in [6.45, 7) is 3.10. The highest BCUT2D eigenvalue weighted by Gasteiger charge is 2.47. The van der Waals surface area contributed by atoms with E-state index in [0.717, 1.165) is 12.8 Å². The Morgan fingerprint density at radius 1 is 1.19 bits per heavy atom. The molecule has 32 heavy (non-hydrogen) atoms. The van der Waals surface area contributed by atoms with Gasteiger partial charge in [-0.25, -0.2) is 0 Å². The van der Waals surface area contributed by atoms with Crippen molar-refractivity contribution in [2.75, 3.05) is 19.8 Å². The molecular formula is C24H23Cl2NO5. The molecule has 2 atom stereocenters. The molecule has 168 valence electrons. The second-order valence-corrected chi connectivity index (χ2v) is 8.56. The largest absolute Gasteiger partial charge is 0.507 e. The second-order valence-electron chi connectivity index (χ2n) is 7.72. The molecule has 8 heteroatoms. The van der Waals surface area contributed by atoms with Crippen molar-refractivity contribution >= 4 is 40.7 Å². The Hall–Kier alpha value is -2.54. The zero-order chi connectivity index (χ0) is 22.8. The van der Waals surface area contributed by atoms with Gasteiger partial charge in [0.25, 0.3) is 11.7 Å². The summed E-state index contributed by atoms with van der Waals surface area (Å²) < 4.78 is 11.2. The van der Waals surface area contributed by atoms with Gasteiger partial charge in [0.15, 0.2) is 0 Å². The summed E-state index contributed by atoms with van der Waals surface area (Å²) in [6, 6.07) is 10.9. The van der Waals surface area contributed by atoms with E-state index in [0.29, 0.717) is 40.1 Å². The number of aliphatic hydroxyl groups excluding tert-OH is 1. The molecule has 2 saturated heterocycles. The van der Waals surface area contributed by atoms with Gasteiger partial charge in [-0.15, -0.1) is 0 Å². The van der Waals surface area contributed by atoms with E-state index in [1.807, 2.05) is 6.92 Å². The van der Waals surface area contributed by atoms with E-state index in [9.17, 15) is 14.7 Å². The number of rotatable bonds is 6. The van der Waals surface area contributed by atoms with Crippen LogP contribution in [0.1, 0.15) is 36.9 Å². The predicted molar refractivity (Wildman–Crippen MR) is 122 cm³/mol. The number of ether oxygens (including phenoxy) is 2. The molecule has 0 saturated carbocycles. The summed E-state index contributed by atoms with van der Waals surface area (Å²) >= 11 is 12.2. The van der Waals surface area contributed by atoms with Crippen molar-refractivity contribution in [3.05, 3.63) is 69.2 Å². The highest BCUT2D eigenvalue weighted by atomic mass is 35.5. The Kier molecular flexibility index (Phi) is 6.74. The summed E-state index contributed by atoms with van der Waals surface area (Å²) in [5, 5.41) is 12.1. The number of likely N-dealkylation sites (tertiary alicyclic amines) is 1. The lowest BCUT2D eigenvalue weighted by Crippen LogP contribution is -2.36. The lowest BCUT2D eigenvalue weighted by atomic mass is 9.95. The van der Waals surface area contributed by atoms with Gasteiger partial charge in [-0.3, -0.25) is 9.59 Å². The average Bonchev–Trinajstić information content (AvgIpc) is 3.38. The van der Waals surface area contributed by atoms with Gasteiger partial charge < -0.3 is 19.5 Å². The van der Waals surface area contributed by atoms with Gasteiger partial charge in [0.2, 0.25) is 0 Å². The number of aliphatic hydroxyl groups is 1. The molecule has 0 aliphatic carbocycles. The summed E-state index contributed by atoms with van der Waals surface area (Å²) in [7, 11) is 0. The van der Waals surface area contributed by atoms with Crippen LogP contribution in [0.4, 0.5) is 0 Å². The number of hydrogen-bond acceptors (Lipinski definition) is 5. The first-order chi connectivity index (χ1) is 15.4. The number of nitrogens with zero attached hydrogens (tertiary/aromatic N) is 1. The standard InChI is InChI=1S/C24H23Cl2NO5/c1-2-31-19-12-15(7-10-18(19)26)22(28)20-21(14-5-8-16(25)9-6-14)27(24(30)23(20)29)13-17-4-3-11-32-17/h5-10,12,17,21,28H,2-4,11,13H2,1H3/b22-20-. The van der Waals surface area contributed by atoms with Crippen LogP contribution in [0.15, 0.2) is 48.0 Å². The van der Waals surface area contributed by atoms with Gasteiger partial charge in [0.05, 0.1) is 29.3 Å². The fraction of sp³-hybridized carbons (Fsp3) is 0.333. The minimum absolute atomic E-state index is 0.0140. The molecule has 6 nitrogen and oxygen atoms in total. The zero-order valence-electron chi connectivity index (χ0n) is 17.5. The minimum atomic E-state index is -0.761. The van der Waals surface area contributed by atoms with Gasteiger partial charge in [0.1, 0.15) is 11.5 Å². The van der Waals surface area contributed by atoms with Crippen molar-refractivity contribution in [1.82, 2.24) is 4.90 Å². The molecule has 2 fully saturated rings. The Labute approximate surface area is 196 Å². The van der Waals surface area contributed by atoms with Crippen LogP contribution in [0, 0.1) is 0 Å². The van der Waals surface area contributed by atoms with Crippen LogP contribution in [-0.2, 0) is 14.3 Å². The monoisotopic (exact) mass is 475 g/mol. The van der Waals surface area contributed by atoms with Crippen LogP contribution in [-0.4, -0.2) is 47.6 Å². The fourth-order valence-electron chi connectivity index (χ4n) is 4.14. The first-order valence-electron chi connectivity index (χ1n) is 10.5. The highest BCUT2D eigenvalue weighted by Crippen LogP contribution is 2.41. The first-order valence-corrected chi connectivity index (χ1v) is 11.2. The van der Waals surface area contributed by atoms with E-state index in [4.69, 9.17) is 32.7 Å². The van der Waals surface area contributed by atoms with Crippen LogP contribution in [0.25, 0.3) is 5.76 Å². The number of amides is 1. The number of carbonyl (C=O) groups excluding carboxylic acids is 2. The number of carbonyl (C=O) groups is 2. The Morgan fingerprint density at radius 3 is 2.59 bits per heavy atom. The summed E-state index contributed by atoms with van der Waals surface area (Å²) in [4.78, 5) is 27.6. The summed E-state index contributed by atoms with van der Waals surface area (Å²) in [5.41, 5.74) is 1.03. The lowest BCUT2D eigenvalue weighted by Gasteiger charge is -2.27. The smallest absolute Gasteiger partial charge is 0.295 e. The predicted octanol–water partition coefficient (Wildman–Crippen LogP) is 4.99. The van der Waals surface area contributed by atoms with Crippen molar-refractivity contribution in [2.24, 2.45) is 0 Å². The topological polar surface area (TPSA) is 76.1 Å². The molecule has 4 rings (SSSR count). The normalized spacial score (nSPS) is 22.5. The van der Waals surface area contributed by atoms with Gasteiger partial charge in [-0.1, -0.05) is 35.3 Å². The fourth-order valence-corrected chi connectivity index (χ4v) is 4.44. The van der Waals surface area contributed by atoms with Crippen LogP contribution in [0.5, 0.6) is 5.75 Å². The third-order valence-electron chi connectivity index (χ3n) is 5.65. The van der Waals surface area contributed by atoms with E-state index in [1.54, 1.807) is 42.5 Å². The Morgan fingerprint density at radius 2 is 1.94 bits per heavy atom. The molecule has 2 aliphatic heterocycles. The highest BCUT2D eigenvalue weighted by molar-refractivity contribution is 6.46. The number of halogens is 2. The second kappa shape index (κ2) is 9.53. The van der Waals surface area contributed by atoms with Crippen molar-refractivity contribution in [1.29, 1.82) is 0 Å². The molecule has 1 N–H and O–H groups in total. The van der Waals surface area contributed by atoms with Crippen LogP contribution in [0.2, 0.25) is 10.0 Å². The van der Waals surface area contributed by atoms with Crippen molar-refractivity contribution in [3.63, 3.8) is 0 Å². The quantitative estimate of drug-likeness (QED) is 0.361. The van der Waals surface area contributed by atoms with Gasteiger partial charge >= 0.3 is 0 Å². The van der Waals surface area contributed by atoms with Crippen molar-refractivity contribution in [2.45, 2.75) is 31.9 Å². The van der Waals surface area contributed by atoms with E-state index in [2.05, 4.69) is 0 Å². The van der Waals surface area contributed by atoms with E-state index >= 15 is 0 Å². The van der Waals surface area contributed by atoms with Gasteiger partial charge in [-0.2, -0.15) is 0 Å². The van der Waals surface area contributed by atoms with E-state index in [-0.39, 0.29) is 24.0 Å². The number of hydrogen-bond donors (Lipinski definition) is 1. The Bertz CT molecular complexity index is 1060. The third-order valence-corrected chi connectivity index (χ3v) is 6.22. The molecule has 2 aromatic carbocycles. The van der Waals surface area contributed by atoms with Crippen LogP contribution >= 0.6 is 23.2 Å². The molecule has 0 aromatic heterocycles. The lowest BCUT2D eigenvalue weighted by molar-refractivity contribution is -0.140. The van der Waals surface area contributed by atoms with Crippen molar-refractivity contribution < 1.29 is 24.2 Å². The maximum atomic E-state index is 13.1. The first kappa shape index (κ1) is 22.6. The SMILES string of the molecule is CCOc1cc(/C(O)=C2/C(=O)C(=O)N(CC3CCCO3)C2c2ccc(Cl)cc2)ccc1Cl. The molecule has 2 heterocycles. The molecule has 2 aromatic rings. The third kappa shape index (κ3) is 4.35. The zero-order valence-corrected chi connectivity index (χ0v) is 19.0. The molecule has 1 amide bonds. The average molecular weight is 476 g/mol. The van der Waals surface area contributed by atoms with Crippen LogP contribution in [0.3, 0.4) is 0 Å². The maximum Gasteiger partial charge on any atom is 0.295 e. The van der Waals surface area contributed by atoms with Crippen molar-refractivity contribution in [3.8, 4) is 5.75 Å². The van der Waals surface area contributed by atoms with E-state index < -0.39 is 17.7 Å².